The van der Waals surface area contributed by atoms with Crippen molar-refractivity contribution in [2.45, 2.75) is 12.5 Å². The number of hydrogen-bond donors (Lipinski definition) is 3. The number of rotatable bonds is 11. The van der Waals surface area contributed by atoms with Crippen molar-refractivity contribution in [3.05, 3.63) is 84.3 Å². The molecule has 1 unspecified atom stereocenters. The molecule has 1 aromatic heterocycles. The zero-order chi connectivity index (χ0) is 30.9. The molecule has 5 rings (SSSR count). The number of methoxy groups -OCH3 is 1. The van der Waals surface area contributed by atoms with Gasteiger partial charge in [-0.1, -0.05) is 30.3 Å². The molecule has 1 amide bonds. The maximum absolute atomic E-state index is 15.1. The van der Waals surface area contributed by atoms with E-state index in [1.54, 1.807) is 30.5 Å². The van der Waals surface area contributed by atoms with E-state index >= 15 is 4.39 Å². The van der Waals surface area contributed by atoms with Crippen molar-refractivity contribution in [3.63, 3.8) is 0 Å². The third-order valence-electron chi connectivity index (χ3n) is 6.86. The van der Waals surface area contributed by atoms with Gasteiger partial charge in [0.2, 0.25) is 5.91 Å². The molecule has 1 aliphatic rings. The van der Waals surface area contributed by atoms with Gasteiger partial charge in [-0.25, -0.2) is 4.39 Å². The summed E-state index contributed by atoms with van der Waals surface area (Å²) in [6, 6.07) is 18.6. The van der Waals surface area contributed by atoms with Crippen LogP contribution < -0.4 is 24.8 Å². The van der Waals surface area contributed by atoms with Crippen LogP contribution in [0.25, 0.3) is 10.9 Å². The number of anilines is 1. The number of nitrogens with one attached hydrogen (secondary N) is 2. The zero-order valence-electron chi connectivity index (χ0n) is 24.1. The maximum Gasteiger partial charge on any atom is 0.230 e. The number of aliphatic hydroxyl groups excluding tert-OH is 1. The largest absolute Gasteiger partial charge is 0.493 e. The molecule has 0 radical (unpaired) electrons. The summed E-state index contributed by atoms with van der Waals surface area (Å²) in [4.78, 5) is 18.8. The van der Waals surface area contributed by atoms with Gasteiger partial charge in [-0.2, -0.15) is 0 Å². The molecule has 3 aromatic carbocycles. The van der Waals surface area contributed by atoms with Crippen LogP contribution in [-0.4, -0.2) is 78.7 Å². The number of ether oxygens (including phenoxy) is 4. The highest BCUT2D eigenvalue weighted by atomic mass is 32.1. The van der Waals surface area contributed by atoms with Crippen molar-refractivity contribution in [3.8, 4) is 23.0 Å². The van der Waals surface area contributed by atoms with Gasteiger partial charge in [0.25, 0.3) is 0 Å². The lowest BCUT2D eigenvalue weighted by molar-refractivity contribution is -0.119. The first-order chi connectivity index (χ1) is 21.4. The molecule has 10 nitrogen and oxygen atoms in total. The van der Waals surface area contributed by atoms with Crippen molar-refractivity contribution in [2.24, 2.45) is 0 Å². The first kappa shape index (κ1) is 31.1. The first-order valence-corrected chi connectivity index (χ1v) is 14.5. The van der Waals surface area contributed by atoms with E-state index < -0.39 is 11.9 Å². The van der Waals surface area contributed by atoms with Gasteiger partial charge < -0.3 is 34.7 Å². The maximum atomic E-state index is 15.1. The van der Waals surface area contributed by atoms with E-state index in [-0.39, 0.29) is 29.8 Å². The predicted octanol–water partition coefficient (Wildman–Crippen LogP) is 4.30. The molecule has 12 heteroatoms. The molecule has 230 valence electrons. The Labute approximate surface area is 259 Å². The van der Waals surface area contributed by atoms with Gasteiger partial charge in [-0.15, -0.1) is 0 Å². The molecular weight excluding hydrogens is 587 g/mol. The monoisotopic (exact) mass is 620 g/mol. The van der Waals surface area contributed by atoms with E-state index in [4.69, 9.17) is 31.2 Å². The summed E-state index contributed by atoms with van der Waals surface area (Å²) in [5, 5.41) is 16.5. The molecular formula is C32H33FN4O6S. The molecule has 0 saturated carbocycles. The van der Waals surface area contributed by atoms with E-state index in [2.05, 4.69) is 20.5 Å². The minimum atomic E-state index is -0.698. The number of pyridine rings is 1. The van der Waals surface area contributed by atoms with Gasteiger partial charge in [0.15, 0.2) is 28.2 Å². The van der Waals surface area contributed by atoms with E-state index in [0.717, 1.165) is 18.7 Å². The second-order valence-electron chi connectivity index (χ2n) is 10.1. The number of morpholine rings is 1. The van der Waals surface area contributed by atoms with Crippen molar-refractivity contribution in [2.75, 3.05) is 51.9 Å². The van der Waals surface area contributed by atoms with Crippen LogP contribution in [0.15, 0.2) is 72.9 Å². The standard InChI is InChI=1S/C32H33FN4O6S/c1-40-29-17-24-26(18-30(29)42-20-23(38)19-37-11-13-41-14-12-37)34-10-9-27(24)43-28-8-7-22(16-25(28)33)35-32(44)36-31(39)15-21-5-3-2-4-6-21/h2-10,16-18,23,38H,11-15,19-20H2,1H3,(H2,35,36,39,44). The van der Waals surface area contributed by atoms with E-state index in [0.29, 0.717) is 53.6 Å². The van der Waals surface area contributed by atoms with E-state index in [1.807, 2.05) is 30.3 Å². The van der Waals surface area contributed by atoms with Gasteiger partial charge in [0, 0.05) is 49.0 Å². The van der Waals surface area contributed by atoms with Gasteiger partial charge in [0.05, 0.1) is 32.3 Å². The molecule has 1 fully saturated rings. The van der Waals surface area contributed by atoms with E-state index in [9.17, 15) is 9.90 Å². The molecule has 1 aliphatic heterocycles. The Morgan fingerprint density at radius 3 is 2.61 bits per heavy atom. The predicted molar refractivity (Wildman–Crippen MR) is 168 cm³/mol. The molecule has 3 N–H and O–H groups in total. The number of amides is 1. The Hall–Kier alpha value is -4.36. The summed E-state index contributed by atoms with van der Waals surface area (Å²) in [5.74, 6) is 0.241. The average Bonchev–Trinajstić information content (AvgIpc) is 3.02. The average molecular weight is 621 g/mol. The lowest BCUT2D eigenvalue weighted by Gasteiger charge is -2.28. The Morgan fingerprint density at radius 1 is 1.07 bits per heavy atom. The van der Waals surface area contributed by atoms with Gasteiger partial charge in [-0.05, 0) is 42.0 Å². The van der Waals surface area contributed by atoms with Crippen LogP contribution in [0.2, 0.25) is 0 Å². The van der Waals surface area contributed by atoms with Crippen LogP contribution in [0.5, 0.6) is 23.0 Å². The summed E-state index contributed by atoms with van der Waals surface area (Å²) in [6.45, 7) is 3.38. The fourth-order valence-electron chi connectivity index (χ4n) is 4.70. The van der Waals surface area contributed by atoms with Crippen molar-refractivity contribution < 1.29 is 33.2 Å². The Bertz CT molecular complexity index is 1600. The highest BCUT2D eigenvalue weighted by molar-refractivity contribution is 7.80. The number of fused-ring (bicyclic) bond motifs is 1. The highest BCUT2D eigenvalue weighted by Crippen LogP contribution is 2.38. The molecule has 44 heavy (non-hydrogen) atoms. The normalized spacial score (nSPS) is 14.1. The number of β-amino-alcohol motifs (C(OH)–C–C–N with tert-alkyl or cyclic N) is 1. The number of aromatic nitrogens is 1. The van der Waals surface area contributed by atoms with E-state index in [1.165, 1.54) is 19.2 Å². The molecule has 0 spiro atoms. The quantitative estimate of drug-likeness (QED) is 0.210. The lowest BCUT2D eigenvalue weighted by atomic mass is 10.1. The third-order valence-corrected chi connectivity index (χ3v) is 7.07. The van der Waals surface area contributed by atoms with Crippen LogP contribution in [0.4, 0.5) is 10.1 Å². The Morgan fingerprint density at radius 2 is 1.86 bits per heavy atom. The summed E-state index contributed by atoms with van der Waals surface area (Å²) < 4.78 is 37.8. The van der Waals surface area contributed by atoms with Gasteiger partial charge in [0.1, 0.15) is 18.5 Å². The smallest absolute Gasteiger partial charge is 0.230 e. The van der Waals surface area contributed by atoms with Crippen LogP contribution in [0.1, 0.15) is 5.56 Å². The van der Waals surface area contributed by atoms with Crippen molar-refractivity contribution in [1.29, 1.82) is 0 Å². The number of hydrogen-bond acceptors (Lipinski definition) is 9. The molecule has 2 heterocycles. The summed E-state index contributed by atoms with van der Waals surface area (Å²) in [5.41, 5.74) is 1.73. The number of aliphatic hydroxyl groups is 1. The number of carbonyl (C=O) groups excluding carboxylic acids is 1. The topological polar surface area (TPSA) is 114 Å². The fraction of sp³-hybridized carbons (Fsp3) is 0.281. The zero-order valence-corrected chi connectivity index (χ0v) is 24.9. The summed E-state index contributed by atoms with van der Waals surface area (Å²) in [7, 11) is 1.51. The molecule has 0 bridgehead atoms. The second kappa shape index (κ2) is 14.9. The lowest BCUT2D eigenvalue weighted by Crippen LogP contribution is -2.42. The van der Waals surface area contributed by atoms with Gasteiger partial charge in [-0.3, -0.25) is 14.7 Å². The van der Waals surface area contributed by atoms with Gasteiger partial charge >= 0.3 is 0 Å². The number of thiocarbonyl (C=S) groups is 1. The van der Waals surface area contributed by atoms with Crippen LogP contribution in [0.3, 0.4) is 0 Å². The Balaban J connectivity index is 1.22. The Kier molecular flexibility index (Phi) is 10.5. The molecule has 1 saturated heterocycles. The number of carbonyl (C=O) groups is 1. The number of halogens is 1. The third kappa shape index (κ3) is 8.38. The van der Waals surface area contributed by atoms with Crippen molar-refractivity contribution in [1.82, 2.24) is 15.2 Å². The highest BCUT2D eigenvalue weighted by Gasteiger charge is 2.18. The van der Waals surface area contributed by atoms with Crippen LogP contribution >= 0.6 is 12.2 Å². The number of nitrogens with zero attached hydrogens (tertiary/aromatic N) is 2. The summed E-state index contributed by atoms with van der Waals surface area (Å²) >= 11 is 5.22. The fourth-order valence-corrected chi connectivity index (χ4v) is 4.94. The van der Waals surface area contributed by atoms with Crippen LogP contribution in [0, 0.1) is 5.82 Å². The molecule has 1 atom stereocenters. The summed E-state index contributed by atoms with van der Waals surface area (Å²) in [6.07, 6.45) is 1.02. The van der Waals surface area contributed by atoms with Crippen molar-refractivity contribution >= 4 is 39.8 Å². The van der Waals surface area contributed by atoms with Crippen LogP contribution in [-0.2, 0) is 16.0 Å². The second-order valence-corrected chi connectivity index (χ2v) is 10.5. The first-order valence-electron chi connectivity index (χ1n) is 14.1. The molecule has 0 aliphatic carbocycles. The minimum absolute atomic E-state index is 0.0207. The minimum Gasteiger partial charge on any atom is -0.493 e. The number of benzene rings is 3. The molecule has 4 aromatic rings. The SMILES string of the molecule is COc1cc2c(Oc3ccc(NC(=S)NC(=O)Cc4ccccc4)cc3F)ccnc2cc1OCC(O)CN1CCOCC1.